The molecule has 0 radical (unpaired) electrons. The van der Waals surface area contributed by atoms with Gasteiger partial charge in [0.25, 0.3) is 0 Å². The number of ether oxygens (including phenoxy) is 1. The van der Waals surface area contributed by atoms with E-state index in [9.17, 15) is 8.78 Å². The number of hydrogen-bond acceptors (Lipinski definition) is 2. The summed E-state index contributed by atoms with van der Waals surface area (Å²) in [6.07, 6.45) is 1.56. The second kappa shape index (κ2) is 10.8. The van der Waals surface area contributed by atoms with Crippen LogP contribution in [0.2, 0.25) is 0 Å². The van der Waals surface area contributed by atoms with Gasteiger partial charge in [0.15, 0.2) is 5.96 Å². The fourth-order valence-corrected chi connectivity index (χ4v) is 2.54. The van der Waals surface area contributed by atoms with Crippen LogP contribution in [0.3, 0.4) is 0 Å². The average molecular weight is 453 g/mol. The van der Waals surface area contributed by atoms with E-state index in [0.29, 0.717) is 32.1 Å². The minimum absolute atomic E-state index is 0. The quantitative estimate of drug-likeness (QED) is 0.275. The molecule has 1 fully saturated rings. The van der Waals surface area contributed by atoms with Gasteiger partial charge in [-0.2, -0.15) is 0 Å². The molecule has 24 heavy (non-hydrogen) atoms. The van der Waals surface area contributed by atoms with Gasteiger partial charge in [-0.1, -0.05) is 6.07 Å². The third-order valence-electron chi connectivity index (χ3n) is 3.75. The average Bonchev–Trinajstić information content (AvgIpc) is 3.26. The predicted octanol–water partition coefficient (Wildman–Crippen LogP) is 3.42. The highest BCUT2D eigenvalue weighted by Crippen LogP contribution is 2.42. The van der Waals surface area contributed by atoms with E-state index in [1.165, 1.54) is 18.2 Å². The Balaban J connectivity index is 0.00000288. The molecule has 0 saturated heterocycles. The molecule has 2 N–H and O–H groups in total. The van der Waals surface area contributed by atoms with E-state index < -0.39 is 11.6 Å². The van der Waals surface area contributed by atoms with Gasteiger partial charge in [0.2, 0.25) is 0 Å². The molecule has 0 aliphatic heterocycles. The molecule has 1 aliphatic rings. The van der Waals surface area contributed by atoms with Crippen LogP contribution in [0.15, 0.2) is 23.2 Å². The van der Waals surface area contributed by atoms with Gasteiger partial charge in [0.05, 0.1) is 0 Å². The van der Waals surface area contributed by atoms with Crippen molar-refractivity contribution in [2.45, 2.75) is 38.6 Å². The number of rotatable bonds is 8. The van der Waals surface area contributed by atoms with Crippen molar-refractivity contribution in [3.05, 3.63) is 35.4 Å². The SMILES string of the molecule is CCNC(=NCCCOCC)NC1CC1c1c(F)cccc1F.I. The summed E-state index contributed by atoms with van der Waals surface area (Å²) < 4.78 is 32.9. The molecule has 2 unspecified atom stereocenters. The number of halogens is 3. The van der Waals surface area contributed by atoms with Crippen molar-refractivity contribution in [3.8, 4) is 0 Å². The van der Waals surface area contributed by atoms with E-state index in [0.717, 1.165) is 13.0 Å². The van der Waals surface area contributed by atoms with Crippen molar-refractivity contribution in [1.82, 2.24) is 10.6 Å². The van der Waals surface area contributed by atoms with Crippen molar-refractivity contribution in [3.63, 3.8) is 0 Å². The van der Waals surface area contributed by atoms with Crippen LogP contribution >= 0.6 is 24.0 Å². The molecule has 4 nitrogen and oxygen atoms in total. The lowest BCUT2D eigenvalue weighted by Gasteiger charge is -2.11. The van der Waals surface area contributed by atoms with Crippen molar-refractivity contribution in [2.75, 3.05) is 26.3 Å². The molecule has 2 rings (SSSR count). The Bertz CT molecular complexity index is 522. The van der Waals surface area contributed by atoms with E-state index in [1.54, 1.807) is 0 Å². The first-order valence-electron chi connectivity index (χ1n) is 8.23. The number of benzene rings is 1. The minimum atomic E-state index is -0.474. The van der Waals surface area contributed by atoms with Gasteiger partial charge in [0, 0.05) is 43.8 Å². The number of nitrogens with one attached hydrogen (secondary N) is 2. The zero-order valence-electron chi connectivity index (χ0n) is 14.1. The standard InChI is InChI=1S/C17H25F2N3O.HI/c1-3-20-17(21-9-6-10-23-4-2)22-15-11-12(15)16-13(18)7-5-8-14(16)19;/h5,7-8,12,15H,3-4,6,9-11H2,1-2H3,(H2,20,21,22);1H. The molecule has 1 aromatic rings. The Hall–Kier alpha value is -0.960. The fraction of sp³-hybridized carbons (Fsp3) is 0.588. The van der Waals surface area contributed by atoms with E-state index in [1.807, 2.05) is 13.8 Å². The Labute approximate surface area is 159 Å². The molecule has 0 bridgehead atoms. The van der Waals surface area contributed by atoms with Gasteiger partial charge < -0.3 is 15.4 Å². The van der Waals surface area contributed by atoms with Gasteiger partial charge in [0.1, 0.15) is 11.6 Å². The maximum atomic E-state index is 13.8. The van der Waals surface area contributed by atoms with Crippen molar-refractivity contribution >= 4 is 29.9 Å². The Kier molecular flexibility index (Phi) is 9.50. The van der Waals surface area contributed by atoms with Crippen LogP contribution in [0.4, 0.5) is 8.78 Å². The van der Waals surface area contributed by atoms with Crippen LogP contribution in [0.1, 0.15) is 38.2 Å². The Morgan fingerprint density at radius 2 is 2.00 bits per heavy atom. The molecular weight excluding hydrogens is 427 g/mol. The highest BCUT2D eigenvalue weighted by Gasteiger charge is 2.42. The zero-order chi connectivity index (χ0) is 16.7. The normalized spacial score (nSPS) is 19.6. The van der Waals surface area contributed by atoms with Crippen LogP contribution in [0.5, 0.6) is 0 Å². The van der Waals surface area contributed by atoms with Crippen LogP contribution in [0.25, 0.3) is 0 Å². The molecular formula is C17H26F2IN3O. The van der Waals surface area contributed by atoms with Gasteiger partial charge in [-0.15, -0.1) is 24.0 Å². The second-order valence-corrected chi connectivity index (χ2v) is 5.54. The maximum absolute atomic E-state index is 13.8. The summed E-state index contributed by atoms with van der Waals surface area (Å²) >= 11 is 0. The summed E-state index contributed by atoms with van der Waals surface area (Å²) in [4.78, 5) is 4.47. The van der Waals surface area contributed by atoms with Gasteiger partial charge in [-0.3, -0.25) is 4.99 Å². The number of guanidine groups is 1. The fourth-order valence-electron chi connectivity index (χ4n) is 2.54. The van der Waals surface area contributed by atoms with Crippen LogP contribution in [0, 0.1) is 11.6 Å². The van der Waals surface area contributed by atoms with Crippen LogP contribution in [-0.4, -0.2) is 38.3 Å². The van der Waals surface area contributed by atoms with Crippen LogP contribution < -0.4 is 10.6 Å². The third kappa shape index (κ3) is 6.16. The van der Waals surface area contributed by atoms with Crippen molar-refractivity contribution < 1.29 is 13.5 Å². The zero-order valence-corrected chi connectivity index (χ0v) is 16.5. The molecule has 136 valence electrons. The van der Waals surface area contributed by atoms with Gasteiger partial charge in [-0.05, 0) is 38.8 Å². The lowest BCUT2D eigenvalue weighted by Crippen LogP contribution is -2.39. The predicted molar refractivity (Wildman–Crippen MR) is 103 cm³/mol. The summed E-state index contributed by atoms with van der Waals surface area (Å²) in [6, 6.07) is 4.02. The number of nitrogens with zero attached hydrogens (tertiary/aromatic N) is 1. The van der Waals surface area contributed by atoms with E-state index in [2.05, 4.69) is 15.6 Å². The lowest BCUT2D eigenvalue weighted by molar-refractivity contribution is 0.146. The van der Waals surface area contributed by atoms with E-state index in [4.69, 9.17) is 4.74 Å². The molecule has 0 aromatic heterocycles. The first kappa shape index (κ1) is 21.1. The molecule has 0 spiro atoms. The van der Waals surface area contributed by atoms with Gasteiger partial charge >= 0.3 is 0 Å². The first-order chi connectivity index (χ1) is 11.2. The molecule has 1 saturated carbocycles. The number of hydrogen-bond donors (Lipinski definition) is 2. The minimum Gasteiger partial charge on any atom is -0.382 e. The monoisotopic (exact) mass is 453 g/mol. The second-order valence-electron chi connectivity index (χ2n) is 5.54. The number of aliphatic imine (C=N–C) groups is 1. The molecule has 0 heterocycles. The summed E-state index contributed by atoms with van der Waals surface area (Å²) in [5, 5.41) is 6.41. The molecule has 7 heteroatoms. The smallest absolute Gasteiger partial charge is 0.191 e. The molecule has 1 aliphatic carbocycles. The Morgan fingerprint density at radius 3 is 2.62 bits per heavy atom. The third-order valence-corrected chi connectivity index (χ3v) is 3.75. The lowest BCUT2D eigenvalue weighted by atomic mass is 10.1. The van der Waals surface area contributed by atoms with Crippen molar-refractivity contribution in [1.29, 1.82) is 0 Å². The highest BCUT2D eigenvalue weighted by atomic mass is 127. The first-order valence-corrected chi connectivity index (χ1v) is 8.23. The summed E-state index contributed by atoms with van der Waals surface area (Å²) in [5.41, 5.74) is 0.178. The van der Waals surface area contributed by atoms with Gasteiger partial charge in [-0.25, -0.2) is 8.78 Å². The van der Waals surface area contributed by atoms with Crippen LogP contribution in [-0.2, 0) is 4.74 Å². The Morgan fingerprint density at radius 1 is 1.29 bits per heavy atom. The van der Waals surface area contributed by atoms with Crippen molar-refractivity contribution in [2.24, 2.45) is 4.99 Å². The topological polar surface area (TPSA) is 45.7 Å². The molecule has 1 aromatic carbocycles. The highest BCUT2D eigenvalue weighted by molar-refractivity contribution is 14.0. The summed E-state index contributed by atoms with van der Waals surface area (Å²) in [7, 11) is 0. The van der Waals surface area contributed by atoms with E-state index in [-0.39, 0.29) is 41.5 Å². The molecule has 0 amide bonds. The summed E-state index contributed by atoms with van der Waals surface area (Å²) in [6.45, 7) is 6.73. The maximum Gasteiger partial charge on any atom is 0.191 e. The largest absolute Gasteiger partial charge is 0.382 e. The summed E-state index contributed by atoms with van der Waals surface area (Å²) in [5.74, 6) is -0.396. The molecule has 2 atom stereocenters. The van der Waals surface area contributed by atoms with E-state index >= 15 is 0 Å².